The lowest BCUT2D eigenvalue weighted by Crippen LogP contribution is -2.24. The van der Waals surface area contributed by atoms with Crippen molar-refractivity contribution < 1.29 is 23.1 Å². The van der Waals surface area contributed by atoms with Crippen LogP contribution in [0.2, 0.25) is 0 Å². The number of carbonyl (C=O) groups is 1. The summed E-state index contributed by atoms with van der Waals surface area (Å²) in [6, 6.07) is 9.54. The third-order valence-corrected chi connectivity index (χ3v) is 5.95. The molecule has 1 amide bonds. The molecule has 0 radical (unpaired) electrons. The van der Waals surface area contributed by atoms with Gasteiger partial charge in [-0.15, -0.1) is 0 Å². The summed E-state index contributed by atoms with van der Waals surface area (Å²) in [6.07, 6.45) is 1.43. The standard InChI is InChI=1S/C26H24F3N3O2/c1-26(2,34)19-8-7-16(18(11-31-3)24(19)30)17-10-21(28)15(9-22(17)29)13-32-12-14-5-4-6-20(27)23(14)25(32)33/h4-11,34H,12-13,30H2,1-3H3. The van der Waals surface area contributed by atoms with Gasteiger partial charge < -0.3 is 15.7 Å². The number of nitrogen functional groups attached to an aromatic ring is 1. The van der Waals surface area contributed by atoms with Gasteiger partial charge in [0.2, 0.25) is 0 Å². The van der Waals surface area contributed by atoms with Crippen molar-refractivity contribution in [1.82, 2.24) is 4.90 Å². The lowest BCUT2D eigenvalue weighted by atomic mass is 9.89. The maximum absolute atomic E-state index is 15.2. The van der Waals surface area contributed by atoms with Crippen LogP contribution in [-0.2, 0) is 18.7 Å². The number of rotatable bonds is 5. The zero-order valence-corrected chi connectivity index (χ0v) is 19.0. The molecule has 3 aromatic carbocycles. The number of aliphatic imine (C=N–C) groups is 1. The molecule has 0 atom stereocenters. The molecule has 0 aromatic heterocycles. The minimum absolute atomic E-state index is 0.0328. The highest BCUT2D eigenvalue weighted by Crippen LogP contribution is 2.36. The summed E-state index contributed by atoms with van der Waals surface area (Å²) >= 11 is 0. The normalized spacial score (nSPS) is 13.7. The third-order valence-electron chi connectivity index (χ3n) is 5.95. The minimum Gasteiger partial charge on any atom is -0.398 e. The van der Waals surface area contributed by atoms with E-state index >= 15 is 8.78 Å². The first-order valence-electron chi connectivity index (χ1n) is 10.7. The fraction of sp³-hybridized carbons (Fsp3) is 0.231. The molecule has 0 saturated heterocycles. The number of anilines is 1. The van der Waals surface area contributed by atoms with Gasteiger partial charge in [-0.25, -0.2) is 13.2 Å². The van der Waals surface area contributed by atoms with Crippen LogP contribution in [0.1, 0.15) is 46.5 Å². The Kier molecular flexibility index (Phi) is 5.95. The zero-order chi connectivity index (χ0) is 24.8. The maximum atomic E-state index is 15.2. The molecule has 1 heterocycles. The van der Waals surface area contributed by atoms with Gasteiger partial charge >= 0.3 is 0 Å². The number of aliphatic hydroxyl groups is 1. The summed E-state index contributed by atoms with van der Waals surface area (Å²) in [4.78, 5) is 17.8. The van der Waals surface area contributed by atoms with E-state index in [0.29, 0.717) is 22.3 Å². The van der Waals surface area contributed by atoms with Crippen LogP contribution in [-0.4, -0.2) is 29.2 Å². The Balaban J connectivity index is 1.71. The van der Waals surface area contributed by atoms with Crippen molar-refractivity contribution in [3.8, 4) is 11.1 Å². The smallest absolute Gasteiger partial charge is 0.257 e. The molecule has 0 bridgehead atoms. The van der Waals surface area contributed by atoms with Crippen LogP contribution in [0.15, 0.2) is 47.5 Å². The average molecular weight is 467 g/mol. The molecule has 0 fully saturated rings. The summed E-state index contributed by atoms with van der Waals surface area (Å²) in [6.45, 7) is 3.05. The second kappa shape index (κ2) is 8.61. The fourth-order valence-corrected chi connectivity index (χ4v) is 4.30. The molecule has 0 saturated carbocycles. The monoisotopic (exact) mass is 467 g/mol. The molecule has 3 aromatic rings. The summed E-state index contributed by atoms with van der Waals surface area (Å²) in [7, 11) is 1.52. The van der Waals surface area contributed by atoms with Crippen molar-refractivity contribution in [3.63, 3.8) is 0 Å². The number of halogens is 3. The first-order chi connectivity index (χ1) is 16.0. The molecule has 0 spiro atoms. The van der Waals surface area contributed by atoms with Gasteiger partial charge in [-0.3, -0.25) is 9.79 Å². The number of benzene rings is 3. The largest absolute Gasteiger partial charge is 0.398 e. The van der Waals surface area contributed by atoms with E-state index < -0.39 is 29.0 Å². The Hall–Kier alpha value is -3.65. The van der Waals surface area contributed by atoms with E-state index in [1.165, 1.54) is 30.3 Å². The molecule has 0 aliphatic carbocycles. The second-order valence-electron chi connectivity index (χ2n) is 8.79. The molecule has 4 rings (SSSR count). The van der Waals surface area contributed by atoms with Crippen LogP contribution in [0, 0.1) is 17.5 Å². The van der Waals surface area contributed by atoms with Gasteiger partial charge in [0.05, 0.1) is 11.2 Å². The van der Waals surface area contributed by atoms with Crippen LogP contribution in [0.3, 0.4) is 0 Å². The number of hydrogen-bond donors (Lipinski definition) is 2. The average Bonchev–Trinajstić information content (AvgIpc) is 3.07. The predicted octanol–water partition coefficient (Wildman–Crippen LogP) is 4.79. The molecular formula is C26H24F3N3O2. The zero-order valence-electron chi connectivity index (χ0n) is 19.0. The number of nitrogens with two attached hydrogens (primary N) is 1. The Morgan fingerprint density at radius 2 is 1.82 bits per heavy atom. The summed E-state index contributed by atoms with van der Waals surface area (Å²) < 4.78 is 44.4. The second-order valence-corrected chi connectivity index (χ2v) is 8.79. The molecule has 5 nitrogen and oxygen atoms in total. The molecule has 34 heavy (non-hydrogen) atoms. The first-order valence-corrected chi connectivity index (χ1v) is 10.7. The van der Waals surface area contributed by atoms with Crippen LogP contribution in [0.25, 0.3) is 11.1 Å². The number of fused-ring (bicyclic) bond motifs is 1. The van der Waals surface area contributed by atoms with Crippen LogP contribution in [0.5, 0.6) is 0 Å². The highest BCUT2D eigenvalue weighted by molar-refractivity contribution is 5.99. The molecule has 176 valence electrons. The maximum Gasteiger partial charge on any atom is 0.257 e. The molecule has 1 aliphatic rings. The van der Waals surface area contributed by atoms with Gasteiger partial charge in [-0.05, 0) is 43.2 Å². The van der Waals surface area contributed by atoms with Crippen LogP contribution in [0.4, 0.5) is 18.9 Å². The highest BCUT2D eigenvalue weighted by atomic mass is 19.1. The number of hydrogen-bond acceptors (Lipinski definition) is 4. The van der Waals surface area contributed by atoms with Crippen molar-refractivity contribution in [2.75, 3.05) is 12.8 Å². The SMILES string of the molecule is CN=Cc1c(-c2cc(F)c(CN3Cc4cccc(F)c4C3=O)cc2F)ccc(C(C)(C)O)c1N. The lowest BCUT2D eigenvalue weighted by Gasteiger charge is -2.23. The molecule has 1 aliphatic heterocycles. The van der Waals surface area contributed by atoms with Gasteiger partial charge in [0, 0.05) is 54.3 Å². The van der Waals surface area contributed by atoms with Gasteiger partial charge in [-0.1, -0.05) is 24.3 Å². The van der Waals surface area contributed by atoms with Gasteiger partial charge in [0.25, 0.3) is 5.91 Å². The van der Waals surface area contributed by atoms with Crippen molar-refractivity contribution in [2.24, 2.45) is 4.99 Å². The Labute approximate surface area is 195 Å². The molecule has 8 heteroatoms. The van der Waals surface area contributed by atoms with Crippen molar-refractivity contribution in [1.29, 1.82) is 0 Å². The molecule has 3 N–H and O–H groups in total. The Morgan fingerprint density at radius 1 is 1.09 bits per heavy atom. The Morgan fingerprint density at radius 3 is 2.47 bits per heavy atom. The van der Waals surface area contributed by atoms with E-state index in [1.54, 1.807) is 32.0 Å². The quantitative estimate of drug-likeness (QED) is 0.419. The predicted molar refractivity (Wildman–Crippen MR) is 125 cm³/mol. The van der Waals surface area contributed by atoms with Crippen molar-refractivity contribution >= 4 is 17.8 Å². The van der Waals surface area contributed by atoms with E-state index in [-0.39, 0.29) is 35.5 Å². The third kappa shape index (κ3) is 4.05. The fourth-order valence-electron chi connectivity index (χ4n) is 4.30. The van der Waals surface area contributed by atoms with E-state index in [9.17, 15) is 14.3 Å². The van der Waals surface area contributed by atoms with Gasteiger partial charge in [0.15, 0.2) is 0 Å². The van der Waals surface area contributed by atoms with Crippen LogP contribution < -0.4 is 5.73 Å². The van der Waals surface area contributed by atoms with Crippen molar-refractivity contribution in [2.45, 2.75) is 32.5 Å². The number of nitrogens with zero attached hydrogens (tertiary/aromatic N) is 2. The highest BCUT2D eigenvalue weighted by Gasteiger charge is 2.31. The van der Waals surface area contributed by atoms with E-state index in [0.717, 1.165) is 12.1 Å². The van der Waals surface area contributed by atoms with E-state index in [2.05, 4.69) is 4.99 Å². The summed E-state index contributed by atoms with van der Waals surface area (Å²) in [5, 5.41) is 10.4. The Bertz CT molecular complexity index is 1330. The van der Waals surface area contributed by atoms with E-state index in [1.807, 2.05) is 0 Å². The lowest BCUT2D eigenvalue weighted by molar-refractivity contribution is 0.0760. The van der Waals surface area contributed by atoms with Crippen molar-refractivity contribution in [3.05, 3.63) is 87.7 Å². The van der Waals surface area contributed by atoms with Crippen LogP contribution >= 0.6 is 0 Å². The van der Waals surface area contributed by atoms with E-state index in [4.69, 9.17) is 5.73 Å². The topological polar surface area (TPSA) is 78.9 Å². The van der Waals surface area contributed by atoms with Gasteiger partial charge in [-0.2, -0.15) is 0 Å². The summed E-state index contributed by atoms with van der Waals surface area (Å²) in [5.74, 6) is -2.63. The molecule has 0 unspecified atom stereocenters. The number of amides is 1. The van der Waals surface area contributed by atoms with Gasteiger partial charge in [0.1, 0.15) is 17.5 Å². The first kappa shape index (κ1) is 23.5. The molecular weight excluding hydrogens is 443 g/mol. The number of carbonyl (C=O) groups excluding carboxylic acids is 1. The summed E-state index contributed by atoms with van der Waals surface area (Å²) in [5.41, 5.74) is 6.72. The minimum atomic E-state index is -1.24.